The lowest BCUT2D eigenvalue weighted by Gasteiger charge is -2.07. The molecule has 1 aromatic heterocycles. The lowest BCUT2D eigenvalue weighted by atomic mass is 10.1. The third-order valence-corrected chi connectivity index (χ3v) is 3.74. The van der Waals surface area contributed by atoms with E-state index in [1.165, 1.54) is 0 Å². The molecule has 0 radical (unpaired) electrons. The molecule has 2 rings (SSSR count). The Labute approximate surface area is 161 Å². The van der Waals surface area contributed by atoms with Gasteiger partial charge >= 0.3 is 0 Å². The van der Waals surface area contributed by atoms with Crippen molar-refractivity contribution in [3.63, 3.8) is 0 Å². The van der Waals surface area contributed by atoms with Crippen LogP contribution in [0.4, 0.5) is 5.69 Å². The van der Waals surface area contributed by atoms with Gasteiger partial charge in [0.2, 0.25) is 5.88 Å². The Bertz CT molecular complexity index is 657. The number of nitrogens with one attached hydrogen (secondary N) is 1. The van der Waals surface area contributed by atoms with E-state index in [-0.39, 0.29) is 0 Å². The number of anilines is 1. The first-order chi connectivity index (χ1) is 13.3. The van der Waals surface area contributed by atoms with Gasteiger partial charge in [0.1, 0.15) is 6.61 Å². The molecule has 3 N–H and O–H groups in total. The number of aromatic nitrogens is 1. The molecule has 1 heterocycles. The molecule has 0 fully saturated rings. The minimum Gasteiger partial charge on any atom is -0.475 e. The Morgan fingerprint density at radius 1 is 0.889 bits per heavy atom. The van der Waals surface area contributed by atoms with Crippen LogP contribution in [0.2, 0.25) is 0 Å². The number of benzene rings is 1. The van der Waals surface area contributed by atoms with Crippen molar-refractivity contribution in [2.75, 3.05) is 51.9 Å². The van der Waals surface area contributed by atoms with E-state index in [4.69, 9.17) is 19.9 Å². The molecule has 0 aliphatic rings. The Kier molecular flexibility index (Phi) is 9.96. The van der Waals surface area contributed by atoms with Gasteiger partial charge in [0.15, 0.2) is 0 Å². The SMILES string of the molecule is CNc1ccc(/C=C/c2ccc(OCCOCCCOCCN)nc2)cc1. The topological polar surface area (TPSA) is 78.6 Å². The van der Waals surface area contributed by atoms with Crippen LogP contribution in [-0.2, 0) is 9.47 Å². The second-order valence-electron chi connectivity index (χ2n) is 5.85. The summed E-state index contributed by atoms with van der Waals surface area (Å²) < 4.78 is 16.3. The molecule has 0 spiro atoms. The number of nitrogens with zero attached hydrogens (tertiary/aromatic N) is 1. The molecule has 6 nitrogen and oxygen atoms in total. The van der Waals surface area contributed by atoms with Crippen LogP contribution in [0, 0.1) is 0 Å². The van der Waals surface area contributed by atoms with E-state index in [0.717, 1.165) is 23.2 Å². The van der Waals surface area contributed by atoms with E-state index in [1.54, 1.807) is 6.20 Å². The van der Waals surface area contributed by atoms with E-state index >= 15 is 0 Å². The van der Waals surface area contributed by atoms with Gasteiger partial charge in [-0.3, -0.25) is 0 Å². The van der Waals surface area contributed by atoms with Crippen molar-refractivity contribution in [2.24, 2.45) is 5.73 Å². The number of nitrogens with two attached hydrogens (primary N) is 1. The fourth-order valence-electron chi connectivity index (χ4n) is 2.28. The van der Waals surface area contributed by atoms with Gasteiger partial charge < -0.3 is 25.3 Å². The highest BCUT2D eigenvalue weighted by molar-refractivity contribution is 5.70. The number of rotatable bonds is 13. The Morgan fingerprint density at radius 3 is 2.26 bits per heavy atom. The van der Waals surface area contributed by atoms with Crippen molar-refractivity contribution in [1.82, 2.24) is 4.98 Å². The summed E-state index contributed by atoms with van der Waals surface area (Å²) in [5, 5.41) is 3.11. The van der Waals surface area contributed by atoms with Crippen molar-refractivity contribution >= 4 is 17.8 Å². The van der Waals surface area contributed by atoms with Crippen molar-refractivity contribution in [3.8, 4) is 5.88 Å². The van der Waals surface area contributed by atoms with E-state index in [9.17, 15) is 0 Å². The normalized spacial score (nSPS) is 11.0. The van der Waals surface area contributed by atoms with Crippen LogP contribution in [-0.4, -0.2) is 51.6 Å². The second-order valence-corrected chi connectivity index (χ2v) is 5.85. The largest absolute Gasteiger partial charge is 0.475 e. The molecular weight excluding hydrogens is 342 g/mol. The van der Waals surface area contributed by atoms with Gasteiger partial charge in [-0.25, -0.2) is 4.98 Å². The van der Waals surface area contributed by atoms with Crippen LogP contribution < -0.4 is 15.8 Å². The van der Waals surface area contributed by atoms with Gasteiger partial charge in [-0.05, 0) is 35.7 Å². The summed E-state index contributed by atoms with van der Waals surface area (Å²) in [6.07, 6.45) is 6.74. The monoisotopic (exact) mass is 371 g/mol. The van der Waals surface area contributed by atoms with E-state index in [1.807, 2.05) is 37.4 Å². The lowest BCUT2D eigenvalue weighted by Crippen LogP contribution is -2.12. The smallest absolute Gasteiger partial charge is 0.213 e. The van der Waals surface area contributed by atoms with E-state index < -0.39 is 0 Å². The molecule has 0 aliphatic heterocycles. The molecule has 0 aliphatic carbocycles. The first-order valence-electron chi connectivity index (χ1n) is 9.22. The number of hydrogen-bond acceptors (Lipinski definition) is 6. The summed E-state index contributed by atoms with van der Waals surface area (Å²) in [4.78, 5) is 4.32. The molecule has 1 aromatic carbocycles. The molecule has 0 atom stereocenters. The quantitative estimate of drug-likeness (QED) is 0.527. The van der Waals surface area contributed by atoms with E-state index in [0.29, 0.717) is 45.5 Å². The predicted molar refractivity (Wildman–Crippen MR) is 110 cm³/mol. The van der Waals surface area contributed by atoms with Crippen LogP contribution in [0.15, 0.2) is 42.6 Å². The Morgan fingerprint density at radius 2 is 1.59 bits per heavy atom. The second kappa shape index (κ2) is 12.9. The average molecular weight is 371 g/mol. The van der Waals surface area contributed by atoms with Gasteiger partial charge in [-0.15, -0.1) is 0 Å². The van der Waals surface area contributed by atoms with Crippen molar-refractivity contribution < 1.29 is 14.2 Å². The molecule has 27 heavy (non-hydrogen) atoms. The maximum atomic E-state index is 5.58. The highest BCUT2D eigenvalue weighted by Gasteiger charge is 1.97. The molecule has 0 unspecified atom stereocenters. The van der Waals surface area contributed by atoms with Gasteiger partial charge in [-0.2, -0.15) is 0 Å². The molecule has 0 saturated heterocycles. The summed E-state index contributed by atoms with van der Waals surface area (Å²) in [6.45, 7) is 3.49. The summed E-state index contributed by atoms with van der Waals surface area (Å²) in [7, 11) is 1.91. The van der Waals surface area contributed by atoms with Gasteiger partial charge in [-0.1, -0.05) is 24.3 Å². The molecule has 0 amide bonds. The maximum absolute atomic E-state index is 5.58. The standard InChI is InChI=1S/C21H29N3O3/c1-23-20-8-5-18(6-9-20)3-4-19-7-10-21(24-17-19)27-16-15-26-13-2-12-25-14-11-22/h3-10,17,23H,2,11-16,22H2,1H3/b4-3+. The van der Waals surface area contributed by atoms with Crippen LogP contribution in [0.5, 0.6) is 5.88 Å². The fourth-order valence-corrected chi connectivity index (χ4v) is 2.28. The molecule has 0 saturated carbocycles. The Hall–Kier alpha value is -2.41. The third kappa shape index (κ3) is 8.68. The van der Waals surface area contributed by atoms with Crippen LogP contribution in [0.3, 0.4) is 0 Å². The van der Waals surface area contributed by atoms with Crippen LogP contribution in [0.25, 0.3) is 12.2 Å². The van der Waals surface area contributed by atoms with Gasteiger partial charge in [0.05, 0.1) is 13.2 Å². The molecule has 6 heteroatoms. The minimum absolute atomic E-state index is 0.476. The summed E-state index contributed by atoms with van der Waals surface area (Å²) in [6, 6.07) is 12.1. The molecule has 0 bridgehead atoms. The van der Waals surface area contributed by atoms with Crippen molar-refractivity contribution in [3.05, 3.63) is 53.7 Å². The number of ether oxygens (including phenoxy) is 3. The molecule has 146 valence electrons. The predicted octanol–water partition coefficient (Wildman–Crippen LogP) is 3.05. The van der Waals surface area contributed by atoms with Crippen LogP contribution >= 0.6 is 0 Å². The zero-order valence-corrected chi connectivity index (χ0v) is 15.9. The lowest BCUT2D eigenvalue weighted by molar-refractivity contribution is 0.0693. The van der Waals surface area contributed by atoms with E-state index in [2.05, 4.69) is 28.5 Å². The highest BCUT2D eigenvalue weighted by atomic mass is 16.5. The number of pyridine rings is 1. The minimum atomic E-state index is 0.476. The first kappa shape index (κ1) is 20.9. The maximum Gasteiger partial charge on any atom is 0.213 e. The molecular formula is C21H29N3O3. The number of hydrogen-bond donors (Lipinski definition) is 2. The zero-order chi connectivity index (χ0) is 19.2. The zero-order valence-electron chi connectivity index (χ0n) is 15.9. The average Bonchev–Trinajstić information content (AvgIpc) is 2.72. The first-order valence-corrected chi connectivity index (χ1v) is 9.22. The summed E-state index contributed by atoms with van der Waals surface area (Å²) in [5.74, 6) is 0.598. The van der Waals surface area contributed by atoms with Gasteiger partial charge in [0, 0.05) is 44.8 Å². The van der Waals surface area contributed by atoms with Crippen molar-refractivity contribution in [2.45, 2.75) is 6.42 Å². The summed E-state index contributed by atoms with van der Waals surface area (Å²) in [5.41, 5.74) is 8.60. The fraction of sp³-hybridized carbons (Fsp3) is 0.381. The van der Waals surface area contributed by atoms with Crippen LogP contribution in [0.1, 0.15) is 17.5 Å². The van der Waals surface area contributed by atoms with Gasteiger partial charge in [0.25, 0.3) is 0 Å². The third-order valence-electron chi connectivity index (χ3n) is 3.74. The molecule has 2 aromatic rings. The summed E-state index contributed by atoms with van der Waals surface area (Å²) >= 11 is 0. The van der Waals surface area contributed by atoms with Crippen molar-refractivity contribution in [1.29, 1.82) is 0 Å². The Balaban J connectivity index is 1.63. The highest BCUT2D eigenvalue weighted by Crippen LogP contribution is 2.13.